The molecule has 1 saturated heterocycles. The third-order valence-corrected chi connectivity index (χ3v) is 4.39. The number of aromatic nitrogens is 1. The SMILES string of the molecule is COc1ccc(N2CCN(C(=O)CNC(=O)c3cccnc3)CC2)cc1. The highest BCUT2D eigenvalue weighted by atomic mass is 16.5. The van der Waals surface area contributed by atoms with Crippen molar-refractivity contribution in [2.45, 2.75) is 0 Å². The first kappa shape index (κ1) is 17.7. The molecule has 7 heteroatoms. The fourth-order valence-electron chi connectivity index (χ4n) is 2.87. The van der Waals surface area contributed by atoms with Crippen LogP contribution in [-0.2, 0) is 4.79 Å². The number of rotatable bonds is 5. The largest absolute Gasteiger partial charge is 0.497 e. The summed E-state index contributed by atoms with van der Waals surface area (Å²) in [6.45, 7) is 2.78. The van der Waals surface area contributed by atoms with Crippen molar-refractivity contribution >= 4 is 17.5 Å². The first-order valence-corrected chi connectivity index (χ1v) is 8.52. The summed E-state index contributed by atoms with van der Waals surface area (Å²) in [5.74, 6) is 0.465. The minimum atomic E-state index is -0.289. The van der Waals surface area contributed by atoms with Gasteiger partial charge in [-0.25, -0.2) is 0 Å². The Morgan fingerprint density at radius 1 is 1.12 bits per heavy atom. The molecule has 3 rings (SSSR count). The number of anilines is 1. The Kier molecular flexibility index (Phi) is 5.68. The molecule has 1 fully saturated rings. The van der Waals surface area contributed by atoms with E-state index < -0.39 is 0 Å². The van der Waals surface area contributed by atoms with Crippen LogP contribution in [0.1, 0.15) is 10.4 Å². The highest BCUT2D eigenvalue weighted by Crippen LogP contribution is 2.20. The number of benzene rings is 1. The predicted molar refractivity (Wildman–Crippen MR) is 98.4 cm³/mol. The summed E-state index contributed by atoms with van der Waals surface area (Å²) in [6, 6.07) is 11.3. The first-order valence-electron chi connectivity index (χ1n) is 8.52. The van der Waals surface area contributed by atoms with Gasteiger partial charge in [0.25, 0.3) is 5.91 Å². The predicted octanol–water partition coefficient (Wildman–Crippen LogP) is 1.17. The van der Waals surface area contributed by atoms with Crippen LogP contribution in [0.5, 0.6) is 5.75 Å². The Morgan fingerprint density at radius 3 is 2.46 bits per heavy atom. The molecule has 0 spiro atoms. The molecule has 1 aliphatic rings. The molecule has 26 heavy (non-hydrogen) atoms. The van der Waals surface area contributed by atoms with E-state index in [0.717, 1.165) is 24.5 Å². The zero-order chi connectivity index (χ0) is 18.4. The molecule has 0 bridgehead atoms. The molecular weight excluding hydrogens is 332 g/mol. The lowest BCUT2D eigenvalue weighted by molar-refractivity contribution is -0.130. The van der Waals surface area contributed by atoms with Gasteiger partial charge in [0.05, 0.1) is 19.2 Å². The standard InChI is InChI=1S/C19H22N4O3/c1-26-17-6-4-16(5-7-17)22-9-11-23(12-10-22)18(24)14-21-19(25)15-3-2-8-20-13-15/h2-8,13H,9-12,14H2,1H3,(H,21,25). The molecule has 1 aromatic heterocycles. The van der Waals surface area contributed by atoms with Crippen molar-refractivity contribution in [3.05, 3.63) is 54.4 Å². The van der Waals surface area contributed by atoms with Crippen LogP contribution >= 0.6 is 0 Å². The van der Waals surface area contributed by atoms with E-state index in [9.17, 15) is 9.59 Å². The van der Waals surface area contributed by atoms with Gasteiger partial charge in [-0.1, -0.05) is 0 Å². The average molecular weight is 354 g/mol. The van der Waals surface area contributed by atoms with Gasteiger partial charge in [-0.3, -0.25) is 14.6 Å². The number of hydrogen-bond acceptors (Lipinski definition) is 5. The van der Waals surface area contributed by atoms with E-state index in [1.807, 2.05) is 24.3 Å². The van der Waals surface area contributed by atoms with Crippen LogP contribution in [-0.4, -0.2) is 61.5 Å². The topological polar surface area (TPSA) is 74.8 Å². The van der Waals surface area contributed by atoms with Gasteiger partial charge < -0.3 is 19.9 Å². The van der Waals surface area contributed by atoms with Crippen molar-refractivity contribution in [2.24, 2.45) is 0 Å². The lowest BCUT2D eigenvalue weighted by Crippen LogP contribution is -2.51. The Labute approximate surface area is 152 Å². The zero-order valence-corrected chi connectivity index (χ0v) is 14.7. The second-order valence-electron chi connectivity index (χ2n) is 5.99. The molecule has 1 N–H and O–H groups in total. The molecule has 0 unspecified atom stereocenters. The van der Waals surface area contributed by atoms with Gasteiger partial charge in [0.15, 0.2) is 0 Å². The number of methoxy groups -OCH3 is 1. The van der Waals surface area contributed by atoms with E-state index in [4.69, 9.17) is 4.74 Å². The molecule has 2 amide bonds. The van der Waals surface area contributed by atoms with E-state index >= 15 is 0 Å². The van der Waals surface area contributed by atoms with E-state index in [0.29, 0.717) is 18.7 Å². The quantitative estimate of drug-likeness (QED) is 0.872. The van der Waals surface area contributed by atoms with Crippen molar-refractivity contribution in [1.29, 1.82) is 0 Å². The summed E-state index contributed by atoms with van der Waals surface area (Å²) in [6.07, 6.45) is 3.08. The van der Waals surface area contributed by atoms with Gasteiger partial charge >= 0.3 is 0 Å². The molecule has 0 aliphatic carbocycles. The number of amides is 2. The van der Waals surface area contributed by atoms with Crippen LogP contribution in [0.3, 0.4) is 0 Å². The lowest BCUT2D eigenvalue weighted by atomic mass is 10.2. The minimum absolute atomic E-state index is 0.00371. The maximum absolute atomic E-state index is 12.3. The summed E-state index contributed by atoms with van der Waals surface area (Å²) in [7, 11) is 1.65. The van der Waals surface area contributed by atoms with Crippen molar-refractivity contribution in [3.63, 3.8) is 0 Å². The fourth-order valence-corrected chi connectivity index (χ4v) is 2.87. The monoisotopic (exact) mass is 354 g/mol. The summed E-state index contributed by atoms with van der Waals surface area (Å²) in [5, 5.41) is 2.65. The van der Waals surface area contributed by atoms with E-state index in [1.54, 1.807) is 30.3 Å². The number of carbonyl (C=O) groups excluding carboxylic acids is 2. The fraction of sp³-hybridized carbons (Fsp3) is 0.316. The van der Waals surface area contributed by atoms with Crippen LogP contribution < -0.4 is 15.0 Å². The average Bonchev–Trinajstić information content (AvgIpc) is 2.72. The third-order valence-electron chi connectivity index (χ3n) is 4.39. The second-order valence-corrected chi connectivity index (χ2v) is 5.99. The molecule has 1 aliphatic heterocycles. The maximum Gasteiger partial charge on any atom is 0.253 e. The number of pyridine rings is 1. The number of ether oxygens (including phenoxy) is 1. The van der Waals surface area contributed by atoms with Crippen LogP contribution in [0.25, 0.3) is 0 Å². The Bertz CT molecular complexity index is 741. The van der Waals surface area contributed by atoms with Crippen LogP contribution in [0.4, 0.5) is 5.69 Å². The van der Waals surface area contributed by atoms with Crippen molar-refractivity contribution in [2.75, 3.05) is 44.7 Å². The van der Waals surface area contributed by atoms with Gasteiger partial charge in [-0.15, -0.1) is 0 Å². The Morgan fingerprint density at radius 2 is 1.85 bits per heavy atom. The number of nitrogens with one attached hydrogen (secondary N) is 1. The zero-order valence-electron chi connectivity index (χ0n) is 14.7. The molecule has 2 heterocycles. The summed E-state index contributed by atoms with van der Waals surface area (Å²) >= 11 is 0. The smallest absolute Gasteiger partial charge is 0.253 e. The first-order chi connectivity index (χ1) is 12.7. The summed E-state index contributed by atoms with van der Waals surface area (Å²) in [5.41, 5.74) is 1.56. The maximum atomic E-state index is 12.3. The van der Waals surface area contributed by atoms with Gasteiger partial charge in [-0.05, 0) is 36.4 Å². The molecule has 0 radical (unpaired) electrons. The van der Waals surface area contributed by atoms with Gasteiger partial charge in [0.2, 0.25) is 5.91 Å². The molecule has 1 aromatic carbocycles. The third kappa shape index (κ3) is 4.30. The molecule has 136 valence electrons. The Balaban J connectivity index is 1.46. The second kappa shape index (κ2) is 8.33. The highest BCUT2D eigenvalue weighted by Gasteiger charge is 2.21. The normalized spacial score (nSPS) is 14.0. The lowest BCUT2D eigenvalue weighted by Gasteiger charge is -2.36. The van der Waals surface area contributed by atoms with Crippen LogP contribution in [0, 0.1) is 0 Å². The van der Waals surface area contributed by atoms with Gasteiger partial charge in [0, 0.05) is 44.3 Å². The Hall–Kier alpha value is -3.09. The highest BCUT2D eigenvalue weighted by molar-refractivity contribution is 5.96. The number of nitrogens with zero attached hydrogens (tertiary/aromatic N) is 3. The van der Waals surface area contributed by atoms with Crippen LogP contribution in [0.15, 0.2) is 48.8 Å². The van der Waals surface area contributed by atoms with E-state index in [1.165, 1.54) is 6.20 Å². The minimum Gasteiger partial charge on any atom is -0.497 e. The van der Waals surface area contributed by atoms with E-state index in [-0.39, 0.29) is 18.4 Å². The molecule has 2 aromatic rings. The molecular formula is C19H22N4O3. The summed E-state index contributed by atoms with van der Waals surface area (Å²) in [4.78, 5) is 32.2. The molecule has 0 saturated carbocycles. The van der Waals surface area contributed by atoms with Crippen molar-refractivity contribution < 1.29 is 14.3 Å². The summed E-state index contributed by atoms with van der Waals surface area (Å²) < 4.78 is 5.17. The van der Waals surface area contributed by atoms with Crippen LogP contribution in [0.2, 0.25) is 0 Å². The van der Waals surface area contributed by atoms with Gasteiger partial charge in [-0.2, -0.15) is 0 Å². The number of hydrogen-bond donors (Lipinski definition) is 1. The molecule has 0 atom stereocenters. The number of piperazine rings is 1. The number of carbonyl (C=O) groups is 2. The van der Waals surface area contributed by atoms with Crippen molar-refractivity contribution in [1.82, 2.24) is 15.2 Å². The van der Waals surface area contributed by atoms with Gasteiger partial charge in [0.1, 0.15) is 5.75 Å². The molecule has 7 nitrogen and oxygen atoms in total. The van der Waals surface area contributed by atoms with Crippen molar-refractivity contribution in [3.8, 4) is 5.75 Å². The van der Waals surface area contributed by atoms with E-state index in [2.05, 4.69) is 15.2 Å².